The number of oxime groups is 1. The Morgan fingerprint density at radius 1 is 1.36 bits per heavy atom. The Morgan fingerprint density at radius 2 is 2.00 bits per heavy atom. The summed E-state index contributed by atoms with van der Waals surface area (Å²) in [5.74, 6) is 0.104. The number of rotatable bonds is 2. The van der Waals surface area contributed by atoms with Crippen LogP contribution in [0.4, 0.5) is 0 Å². The third-order valence-corrected chi connectivity index (χ3v) is 2.19. The summed E-state index contributed by atoms with van der Waals surface area (Å²) in [5.41, 5.74) is 0. The quantitative estimate of drug-likeness (QED) is 0.374. The second-order valence-electron chi connectivity index (χ2n) is 2.98. The van der Waals surface area contributed by atoms with Gasteiger partial charge in [-0.2, -0.15) is 0 Å². The molecule has 3 heteroatoms. The van der Waals surface area contributed by atoms with Crippen molar-refractivity contribution in [3.63, 3.8) is 0 Å². The Balaban J connectivity index is 2.38. The highest BCUT2D eigenvalue weighted by atomic mass is 16.4. The average molecular weight is 155 g/mol. The lowest BCUT2D eigenvalue weighted by atomic mass is 9.87. The molecule has 0 unspecified atom stereocenters. The van der Waals surface area contributed by atoms with Gasteiger partial charge < -0.3 is 5.21 Å². The van der Waals surface area contributed by atoms with E-state index in [2.05, 4.69) is 5.16 Å². The summed E-state index contributed by atoms with van der Waals surface area (Å²) in [4.78, 5) is 11.1. The zero-order valence-corrected chi connectivity index (χ0v) is 6.49. The summed E-state index contributed by atoms with van der Waals surface area (Å²) in [6, 6.07) is 0. The molecule has 3 nitrogen and oxygen atoms in total. The van der Waals surface area contributed by atoms with Crippen LogP contribution in [0.3, 0.4) is 0 Å². The van der Waals surface area contributed by atoms with E-state index >= 15 is 0 Å². The van der Waals surface area contributed by atoms with Crippen LogP contribution in [0.1, 0.15) is 32.1 Å². The number of carbonyl (C=O) groups is 1. The number of hydrogen-bond donors (Lipinski definition) is 1. The van der Waals surface area contributed by atoms with Crippen LogP contribution >= 0.6 is 0 Å². The van der Waals surface area contributed by atoms with Crippen molar-refractivity contribution in [3.05, 3.63) is 0 Å². The maximum atomic E-state index is 11.1. The first kappa shape index (κ1) is 8.24. The second kappa shape index (κ2) is 4.11. The van der Waals surface area contributed by atoms with E-state index in [-0.39, 0.29) is 11.7 Å². The molecule has 1 aliphatic carbocycles. The van der Waals surface area contributed by atoms with E-state index in [4.69, 9.17) is 5.21 Å². The van der Waals surface area contributed by atoms with Gasteiger partial charge in [-0.3, -0.25) is 4.79 Å². The maximum Gasteiger partial charge on any atom is 0.180 e. The molecule has 0 saturated heterocycles. The molecule has 1 aliphatic rings. The monoisotopic (exact) mass is 155 g/mol. The van der Waals surface area contributed by atoms with Crippen LogP contribution < -0.4 is 0 Å². The molecule has 0 bridgehead atoms. The molecule has 1 N–H and O–H groups in total. The van der Waals surface area contributed by atoms with Crippen molar-refractivity contribution in [2.24, 2.45) is 11.1 Å². The SMILES string of the molecule is O=C(/C=N/O)C1CCCCC1. The molecule has 0 amide bonds. The lowest BCUT2D eigenvalue weighted by Gasteiger charge is -2.17. The Kier molecular flexibility index (Phi) is 3.08. The predicted molar refractivity (Wildman–Crippen MR) is 41.9 cm³/mol. The number of Topliss-reactive ketones (excluding diaryl/α,β-unsaturated/α-hetero) is 1. The van der Waals surface area contributed by atoms with Crippen molar-refractivity contribution in [2.75, 3.05) is 0 Å². The number of ketones is 1. The zero-order valence-electron chi connectivity index (χ0n) is 6.49. The van der Waals surface area contributed by atoms with Gasteiger partial charge in [-0.05, 0) is 12.8 Å². The van der Waals surface area contributed by atoms with Crippen LogP contribution in [0, 0.1) is 5.92 Å². The minimum Gasteiger partial charge on any atom is -0.411 e. The Morgan fingerprint density at radius 3 is 2.55 bits per heavy atom. The first-order valence-corrected chi connectivity index (χ1v) is 4.06. The van der Waals surface area contributed by atoms with Gasteiger partial charge in [-0.1, -0.05) is 24.4 Å². The van der Waals surface area contributed by atoms with Crippen molar-refractivity contribution in [1.82, 2.24) is 0 Å². The Labute approximate surface area is 66.1 Å². The molecule has 0 aromatic carbocycles. The summed E-state index contributed by atoms with van der Waals surface area (Å²) in [6.45, 7) is 0. The molecular weight excluding hydrogens is 142 g/mol. The highest BCUT2D eigenvalue weighted by Crippen LogP contribution is 2.23. The zero-order chi connectivity index (χ0) is 8.10. The lowest BCUT2D eigenvalue weighted by molar-refractivity contribution is -0.117. The van der Waals surface area contributed by atoms with Crippen molar-refractivity contribution in [3.8, 4) is 0 Å². The molecule has 0 aromatic rings. The summed E-state index contributed by atoms with van der Waals surface area (Å²) in [7, 11) is 0. The Hall–Kier alpha value is -0.860. The van der Waals surface area contributed by atoms with Crippen LogP contribution in [0.25, 0.3) is 0 Å². The summed E-state index contributed by atoms with van der Waals surface area (Å²) >= 11 is 0. The van der Waals surface area contributed by atoms with E-state index in [1.165, 1.54) is 6.42 Å². The molecule has 0 aromatic heterocycles. The van der Waals surface area contributed by atoms with E-state index in [0.29, 0.717) is 0 Å². The van der Waals surface area contributed by atoms with E-state index in [0.717, 1.165) is 31.9 Å². The molecule has 1 fully saturated rings. The van der Waals surface area contributed by atoms with Crippen molar-refractivity contribution < 1.29 is 10.0 Å². The average Bonchev–Trinajstić information content (AvgIpc) is 2.07. The first-order chi connectivity index (χ1) is 5.34. The third-order valence-electron chi connectivity index (χ3n) is 2.19. The molecule has 11 heavy (non-hydrogen) atoms. The van der Waals surface area contributed by atoms with E-state index < -0.39 is 0 Å². The molecular formula is C8H13NO2. The standard InChI is InChI=1S/C8H13NO2/c10-8(6-9-11)7-4-2-1-3-5-7/h6-7,11H,1-5H2/b9-6+. The van der Waals surface area contributed by atoms with Crippen LogP contribution in [0.2, 0.25) is 0 Å². The summed E-state index contributed by atoms with van der Waals surface area (Å²) in [6.07, 6.45) is 6.46. The molecule has 0 atom stereocenters. The maximum absolute atomic E-state index is 11.1. The number of nitrogens with zero attached hydrogens (tertiary/aromatic N) is 1. The number of hydrogen-bond acceptors (Lipinski definition) is 3. The fraction of sp³-hybridized carbons (Fsp3) is 0.750. The van der Waals surface area contributed by atoms with Crippen molar-refractivity contribution >= 4 is 12.0 Å². The highest BCUT2D eigenvalue weighted by molar-refractivity contribution is 6.28. The van der Waals surface area contributed by atoms with Crippen LogP contribution in [0.5, 0.6) is 0 Å². The summed E-state index contributed by atoms with van der Waals surface area (Å²) in [5, 5.41) is 10.9. The van der Waals surface area contributed by atoms with Crippen LogP contribution in [-0.2, 0) is 4.79 Å². The van der Waals surface area contributed by atoms with Crippen LogP contribution in [0.15, 0.2) is 5.16 Å². The van der Waals surface area contributed by atoms with Gasteiger partial charge in [0.15, 0.2) is 5.78 Å². The fourth-order valence-corrected chi connectivity index (χ4v) is 1.55. The second-order valence-corrected chi connectivity index (χ2v) is 2.98. The topological polar surface area (TPSA) is 49.7 Å². The molecule has 0 spiro atoms. The van der Waals surface area contributed by atoms with Gasteiger partial charge >= 0.3 is 0 Å². The van der Waals surface area contributed by atoms with E-state index in [1.54, 1.807) is 0 Å². The van der Waals surface area contributed by atoms with Crippen LogP contribution in [-0.4, -0.2) is 17.2 Å². The van der Waals surface area contributed by atoms with Gasteiger partial charge in [0, 0.05) is 5.92 Å². The van der Waals surface area contributed by atoms with Gasteiger partial charge in [-0.25, -0.2) is 0 Å². The van der Waals surface area contributed by atoms with Gasteiger partial charge in [-0.15, -0.1) is 0 Å². The number of carbonyl (C=O) groups excluding carboxylic acids is 1. The highest BCUT2D eigenvalue weighted by Gasteiger charge is 2.19. The minimum absolute atomic E-state index is 0.0211. The van der Waals surface area contributed by atoms with Gasteiger partial charge in [0.05, 0.1) is 0 Å². The molecule has 62 valence electrons. The predicted octanol–water partition coefficient (Wildman–Crippen LogP) is 1.60. The molecule has 0 heterocycles. The van der Waals surface area contributed by atoms with Gasteiger partial charge in [0.2, 0.25) is 0 Å². The van der Waals surface area contributed by atoms with Crippen molar-refractivity contribution in [2.45, 2.75) is 32.1 Å². The Bertz CT molecular complexity index is 159. The molecule has 1 saturated carbocycles. The van der Waals surface area contributed by atoms with E-state index in [9.17, 15) is 4.79 Å². The van der Waals surface area contributed by atoms with Gasteiger partial charge in [0.1, 0.15) is 6.21 Å². The molecule has 0 radical (unpaired) electrons. The first-order valence-electron chi connectivity index (χ1n) is 4.06. The normalized spacial score (nSPS) is 20.7. The van der Waals surface area contributed by atoms with Crippen molar-refractivity contribution in [1.29, 1.82) is 0 Å². The smallest absolute Gasteiger partial charge is 0.180 e. The third kappa shape index (κ3) is 2.33. The molecule has 0 aliphatic heterocycles. The fourth-order valence-electron chi connectivity index (χ4n) is 1.55. The van der Waals surface area contributed by atoms with Gasteiger partial charge in [0.25, 0.3) is 0 Å². The minimum atomic E-state index is -0.0211. The molecule has 1 rings (SSSR count). The lowest BCUT2D eigenvalue weighted by Crippen LogP contribution is -2.18. The summed E-state index contributed by atoms with van der Waals surface area (Å²) < 4.78 is 0. The van der Waals surface area contributed by atoms with E-state index in [1.807, 2.05) is 0 Å². The largest absolute Gasteiger partial charge is 0.411 e.